The van der Waals surface area contributed by atoms with E-state index in [0.717, 1.165) is 11.1 Å². The maximum atomic E-state index is 14.8. The van der Waals surface area contributed by atoms with Crippen LogP contribution < -0.4 is 5.32 Å². The number of pyridine rings is 1. The molecule has 4 rings (SSSR count). The van der Waals surface area contributed by atoms with Crippen molar-refractivity contribution in [3.8, 4) is 0 Å². The van der Waals surface area contributed by atoms with Gasteiger partial charge in [-0.3, -0.25) is 19.4 Å². The molecule has 178 valence electrons. The van der Waals surface area contributed by atoms with Crippen LogP contribution in [0.3, 0.4) is 0 Å². The van der Waals surface area contributed by atoms with Crippen molar-refractivity contribution in [3.05, 3.63) is 76.2 Å². The quantitative estimate of drug-likeness (QED) is 0.685. The number of hydrogen-bond donors (Lipinski definition) is 1. The molecule has 1 aliphatic heterocycles. The van der Waals surface area contributed by atoms with Gasteiger partial charge in [0.05, 0.1) is 17.7 Å². The Morgan fingerprint density at radius 2 is 1.85 bits per heavy atom. The van der Waals surface area contributed by atoms with Crippen LogP contribution in [0.5, 0.6) is 0 Å². The number of benzene rings is 1. The number of carbonyl (C=O) groups excluding carboxylic acids is 3. The maximum Gasteiger partial charge on any atom is 0.425 e. The van der Waals surface area contributed by atoms with Crippen LogP contribution in [0.15, 0.2) is 60.1 Å². The summed E-state index contributed by atoms with van der Waals surface area (Å²) < 4.78 is 44.3. The lowest BCUT2D eigenvalue weighted by molar-refractivity contribution is -0.190. The van der Waals surface area contributed by atoms with Crippen LogP contribution in [0.1, 0.15) is 42.6 Å². The van der Waals surface area contributed by atoms with Gasteiger partial charge in [-0.1, -0.05) is 43.6 Å². The summed E-state index contributed by atoms with van der Waals surface area (Å²) >= 11 is 6.22. The molecule has 0 unspecified atom stereocenters. The van der Waals surface area contributed by atoms with Gasteiger partial charge in [-0.15, -0.1) is 0 Å². The van der Waals surface area contributed by atoms with E-state index >= 15 is 0 Å². The zero-order chi connectivity index (χ0) is 24.9. The van der Waals surface area contributed by atoms with Crippen molar-refractivity contribution in [2.24, 2.45) is 5.41 Å². The van der Waals surface area contributed by atoms with Gasteiger partial charge in [-0.05, 0) is 35.6 Å². The Hall–Kier alpha value is -3.20. The van der Waals surface area contributed by atoms with Crippen molar-refractivity contribution in [1.82, 2.24) is 15.2 Å². The predicted molar refractivity (Wildman–Crippen MR) is 118 cm³/mol. The minimum absolute atomic E-state index is 0.0463. The number of ketones is 1. The Labute approximate surface area is 198 Å². The highest BCUT2D eigenvalue weighted by Gasteiger charge is 2.71. The number of Topliss-reactive ketones (excluding diaryl/α,β-unsaturated/α-hetero) is 1. The molecule has 2 aromatic rings. The van der Waals surface area contributed by atoms with Gasteiger partial charge in [0, 0.05) is 29.5 Å². The van der Waals surface area contributed by atoms with Crippen molar-refractivity contribution >= 4 is 29.2 Å². The van der Waals surface area contributed by atoms with Crippen LogP contribution in [0.4, 0.5) is 13.2 Å². The van der Waals surface area contributed by atoms with E-state index in [1.807, 2.05) is 5.32 Å². The second-order valence-electron chi connectivity index (χ2n) is 9.19. The summed E-state index contributed by atoms with van der Waals surface area (Å²) in [5, 5.41) is 2.15. The van der Waals surface area contributed by atoms with Crippen LogP contribution in [-0.4, -0.2) is 39.2 Å². The second kappa shape index (κ2) is 8.23. The fraction of sp³-hybridized carbons (Fsp3) is 0.333. The normalized spacial score (nSPS) is 22.1. The minimum Gasteiger partial charge on any atom is -0.326 e. The SMILES string of the molecule is CC1(C)CC(=O)C2=C(C1)N(Cc1ccccc1Cl)C(=O)[C@@]2(NC(=O)c1cccnc1)C(F)(F)F. The van der Waals surface area contributed by atoms with Crippen molar-refractivity contribution in [2.45, 2.75) is 44.9 Å². The molecule has 34 heavy (non-hydrogen) atoms. The fourth-order valence-corrected chi connectivity index (χ4v) is 4.73. The number of alkyl halides is 3. The highest BCUT2D eigenvalue weighted by molar-refractivity contribution is 6.31. The molecule has 2 amide bonds. The molecule has 0 spiro atoms. The number of allylic oxidation sites excluding steroid dienone is 1. The monoisotopic (exact) mass is 491 g/mol. The Kier molecular flexibility index (Phi) is 5.80. The number of nitrogens with zero attached hydrogens (tertiary/aromatic N) is 2. The maximum absolute atomic E-state index is 14.8. The van der Waals surface area contributed by atoms with Crippen LogP contribution in [0.25, 0.3) is 0 Å². The van der Waals surface area contributed by atoms with Gasteiger partial charge in [0.2, 0.25) is 5.54 Å². The van der Waals surface area contributed by atoms with E-state index in [9.17, 15) is 27.6 Å². The molecule has 6 nitrogen and oxygen atoms in total. The van der Waals surface area contributed by atoms with Crippen molar-refractivity contribution in [1.29, 1.82) is 0 Å². The van der Waals surface area contributed by atoms with Crippen molar-refractivity contribution in [3.63, 3.8) is 0 Å². The molecule has 1 aliphatic carbocycles. The summed E-state index contributed by atoms with van der Waals surface area (Å²) in [6.07, 6.45) is -2.99. The Morgan fingerprint density at radius 1 is 1.15 bits per heavy atom. The first-order chi connectivity index (χ1) is 15.9. The average Bonchev–Trinajstić information content (AvgIpc) is 2.98. The van der Waals surface area contributed by atoms with Crippen LogP contribution in [0.2, 0.25) is 5.02 Å². The lowest BCUT2D eigenvalue weighted by Gasteiger charge is -2.35. The van der Waals surface area contributed by atoms with Crippen LogP contribution in [-0.2, 0) is 16.1 Å². The second-order valence-corrected chi connectivity index (χ2v) is 9.60. The molecular formula is C24H21ClF3N3O3. The first kappa shape index (κ1) is 23.9. The van der Waals surface area contributed by atoms with E-state index in [-0.39, 0.29) is 35.7 Å². The van der Waals surface area contributed by atoms with E-state index in [0.29, 0.717) is 5.56 Å². The van der Waals surface area contributed by atoms with E-state index < -0.39 is 40.3 Å². The summed E-state index contributed by atoms with van der Waals surface area (Å²) in [4.78, 5) is 44.3. The Morgan fingerprint density at radius 3 is 2.47 bits per heavy atom. The predicted octanol–water partition coefficient (Wildman–Crippen LogP) is 4.45. The van der Waals surface area contributed by atoms with E-state index in [4.69, 9.17) is 11.6 Å². The molecule has 0 fully saturated rings. The first-order valence-corrected chi connectivity index (χ1v) is 10.9. The number of carbonyl (C=O) groups is 3. The number of nitrogens with one attached hydrogen (secondary N) is 1. The standard InChI is InChI=1S/C24H21ClF3N3O3/c1-22(2)10-17-19(18(32)11-22)23(24(26,27)28,30-20(33)14-7-5-9-29-12-14)21(34)31(17)13-15-6-3-4-8-16(15)25/h3-9,12H,10-11,13H2,1-2H3,(H,30,33)/t23-/m1/s1. The molecular weight excluding hydrogens is 471 g/mol. The molecule has 2 heterocycles. The zero-order valence-electron chi connectivity index (χ0n) is 18.4. The Bertz CT molecular complexity index is 1210. The number of hydrogen-bond acceptors (Lipinski definition) is 4. The van der Waals surface area contributed by atoms with Gasteiger partial charge in [-0.2, -0.15) is 13.2 Å². The third kappa shape index (κ3) is 3.87. The van der Waals surface area contributed by atoms with Gasteiger partial charge in [0.25, 0.3) is 11.8 Å². The Balaban J connectivity index is 1.89. The highest BCUT2D eigenvalue weighted by atomic mass is 35.5. The summed E-state index contributed by atoms with van der Waals surface area (Å²) in [6.45, 7) is 3.21. The molecule has 10 heteroatoms. The number of amides is 2. The largest absolute Gasteiger partial charge is 0.425 e. The lowest BCUT2D eigenvalue weighted by Crippen LogP contribution is -2.66. The van der Waals surface area contributed by atoms with Crippen molar-refractivity contribution < 1.29 is 27.6 Å². The zero-order valence-corrected chi connectivity index (χ0v) is 19.1. The van der Waals surface area contributed by atoms with Gasteiger partial charge in [-0.25, -0.2) is 0 Å². The van der Waals surface area contributed by atoms with Crippen LogP contribution >= 0.6 is 11.6 Å². The molecule has 1 aromatic heterocycles. The summed E-state index contributed by atoms with van der Waals surface area (Å²) in [7, 11) is 0. The molecule has 1 aromatic carbocycles. The summed E-state index contributed by atoms with van der Waals surface area (Å²) in [5.74, 6) is -3.43. The van der Waals surface area contributed by atoms with Gasteiger partial charge < -0.3 is 10.2 Å². The first-order valence-electron chi connectivity index (χ1n) is 10.5. The smallest absolute Gasteiger partial charge is 0.326 e. The molecule has 1 atom stereocenters. The average molecular weight is 492 g/mol. The number of aromatic nitrogens is 1. The van der Waals surface area contributed by atoms with E-state index in [2.05, 4.69) is 4.98 Å². The molecule has 2 aliphatic rings. The lowest BCUT2D eigenvalue weighted by atomic mass is 9.72. The van der Waals surface area contributed by atoms with Gasteiger partial charge in [0.1, 0.15) is 0 Å². The molecule has 0 saturated heterocycles. The van der Waals surface area contributed by atoms with Crippen LogP contribution in [0, 0.1) is 5.41 Å². The van der Waals surface area contributed by atoms with E-state index in [1.54, 1.807) is 38.1 Å². The number of rotatable bonds is 4. The highest BCUT2D eigenvalue weighted by Crippen LogP contribution is 2.52. The molecule has 0 radical (unpaired) electrons. The molecule has 0 saturated carbocycles. The number of halogens is 4. The van der Waals surface area contributed by atoms with Crippen molar-refractivity contribution in [2.75, 3.05) is 0 Å². The third-order valence-electron chi connectivity index (χ3n) is 6.06. The summed E-state index contributed by atoms with van der Waals surface area (Å²) in [5.41, 5.74) is -4.72. The summed E-state index contributed by atoms with van der Waals surface area (Å²) in [6, 6.07) is 9.11. The minimum atomic E-state index is -5.28. The van der Waals surface area contributed by atoms with E-state index in [1.165, 1.54) is 18.3 Å². The van der Waals surface area contributed by atoms with Gasteiger partial charge >= 0.3 is 6.18 Å². The topological polar surface area (TPSA) is 79.4 Å². The molecule has 0 bridgehead atoms. The fourth-order valence-electron chi connectivity index (χ4n) is 4.53. The van der Waals surface area contributed by atoms with Gasteiger partial charge in [0.15, 0.2) is 5.78 Å². The third-order valence-corrected chi connectivity index (χ3v) is 6.42. The molecule has 1 N–H and O–H groups in total.